The molecule has 120 valence electrons. The van der Waals surface area contributed by atoms with E-state index < -0.39 is 0 Å². The first kappa shape index (κ1) is 15.3. The van der Waals surface area contributed by atoms with Gasteiger partial charge in [0.1, 0.15) is 11.7 Å². The fourth-order valence-electron chi connectivity index (χ4n) is 2.63. The van der Waals surface area contributed by atoms with Crippen molar-refractivity contribution in [3.63, 3.8) is 0 Å². The van der Waals surface area contributed by atoms with Crippen LogP contribution in [0.3, 0.4) is 0 Å². The molecule has 0 bridgehead atoms. The number of rotatable bonds is 3. The maximum absolute atomic E-state index is 12.5. The van der Waals surface area contributed by atoms with Crippen molar-refractivity contribution in [2.24, 2.45) is 7.05 Å². The van der Waals surface area contributed by atoms with Crippen LogP contribution in [0.15, 0.2) is 41.5 Å². The summed E-state index contributed by atoms with van der Waals surface area (Å²) >= 11 is 0. The van der Waals surface area contributed by atoms with E-state index in [0.29, 0.717) is 19.0 Å². The first-order valence-corrected chi connectivity index (χ1v) is 7.59. The zero-order chi connectivity index (χ0) is 16.4. The molecule has 0 radical (unpaired) electrons. The van der Waals surface area contributed by atoms with Crippen molar-refractivity contribution in [3.05, 3.63) is 58.1 Å². The maximum Gasteiger partial charge on any atom is 0.263 e. The van der Waals surface area contributed by atoms with E-state index in [1.54, 1.807) is 36.5 Å². The second-order valence-corrected chi connectivity index (χ2v) is 5.79. The van der Waals surface area contributed by atoms with Crippen LogP contribution in [-0.2, 0) is 7.05 Å². The molecule has 1 amide bonds. The third-order valence-corrected chi connectivity index (χ3v) is 3.96. The van der Waals surface area contributed by atoms with Crippen molar-refractivity contribution in [1.29, 1.82) is 0 Å². The van der Waals surface area contributed by atoms with Crippen molar-refractivity contribution in [2.45, 2.75) is 19.4 Å². The van der Waals surface area contributed by atoms with Crippen LogP contribution < -0.4 is 10.3 Å². The van der Waals surface area contributed by atoms with E-state index in [1.807, 2.05) is 19.1 Å². The molecule has 23 heavy (non-hydrogen) atoms. The lowest BCUT2D eigenvalue weighted by atomic mass is 10.2. The van der Waals surface area contributed by atoms with Gasteiger partial charge in [-0.05, 0) is 24.6 Å². The summed E-state index contributed by atoms with van der Waals surface area (Å²) in [6.07, 6.45) is 4.02. The molecule has 2 aromatic heterocycles. The minimum absolute atomic E-state index is 0.0956. The van der Waals surface area contributed by atoms with Gasteiger partial charge in [-0.1, -0.05) is 6.07 Å². The number of aryl methyl sites for hydroxylation is 2. The van der Waals surface area contributed by atoms with E-state index in [1.165, 1.54) is 4.57 Å². The van der Waals surface area contributed by atoms with Crippen molar-refractivity contribution < 1.29 is 9.53 Å². The van der Waals surface area contributed by atoms with Crippen molar-refractivity contribution in [1.82, 2.24) is 14.5 Å². The lowest BCUT2D eigenvalue weighted by Crippen LogP contribution is -2.35. The summed E-state index contributed by atoms with van der Waals surface area (Å²) in [5.74, 6) is 0.319. The summed E-state index contributed by atoms with van der Waals surface area (Å²) in [7, 11) is 1.64. The van der Waals surface area contributed by atoms with Crippen LogP contribution in [-0.4, -0.2) is 39.6 Å². The van der Waals surface area contributed by atoms with E-state index in [4.69, 9.17) is 4.74 Å². The van der Waals surface area contributed by atoms with Crippen LogP contribution in [0.25, 0.3) is 0 Å². The van der Waals surface area contributed by atoms with Crippen molar-refractivity contribution >= 4 is 5.91 Å². The predicted molar refractivity (Wildman–Crippen MR) is 85.6 cm³/mol. The number of nitrogens with zero attached hydrogens (tertiary/aromatic N) is 3. The van der Waals surface area contributed by atoms with Crippen LogP contribution in [0.4, 0.5) is 0 Å². The monoisotopic (exact) mass is 313 g/mol. The van der Waals surface area contributed by atoms with Crippen LogP contribution in [0.5, 0.6) is 5.88 Å². The number of carbonyl (C=O) groups excluding carboxylic acids is 1. The molecule has 0 N–H and O–H groups in total. The first-order chi connectivity index (χ1) is 11.0. The fourth-order valence-corrected chi connectivity index (χ4v) is 2.63. The van der Waals surface area contributed by atoms with E-state index >= 15 is 0 Å². The van der Waals surface area contributed by atoms with Gasteiger partial charge >= 0.3 is 0 Å². The SMILES string of the molecule is Cc1ccc(OC2CCN(C(=O)c3cccn(C)c3=O)C2)nc1. The zero-order valence-corrected chi connectivity index (χ0v) is 13.2. The van der Waals surface area contributed by atoms with Gasteiger partial charge in [-0.25, -0.2) is 4.98 Å². The molecule has 6 nitrogen and oxygen atoms in total. The molecule has 1 saturated heterocycles. The maximum atomic E-state index is 12.5. The Hall–Kier alpha value is -2.63. The first-order valence-electron chi connectivity index (χ1n) is 7.59. The second-order valence-electron chi connectivity index (χ2n) is 5.79. The van der Waals surface area contributed by atoms with Crippen LogP contribution >= 0.6 is 0 Å². The van der Waals surface area contributed by atoms with Gasteiger partial charge in [-0.15, -0.1) is 0 Å². The Morgan fingerprint density at radius 1 is 1.35 bits per heavy atom. The molecular weight excluding hydrogens is 294 g/mol. The number of pyridine rings is 2. The third kappa shape index (κ3) is 3.26. The molecule has 1 fully saturated rings. The lowest BCUT2D eigenvalue weighted by Gasteiger charge is -2.17. The Labute approximate surface area is 134 Å². The van der Waals surface area contributed by atoms with E-state index in [9.17, 15) is 9.59 Å². The van der Waals surface area contributed by atoms with E-state index in [0.717, 1.165) is 12.0 Å². The average molecular weight is 313 g/mol. The Morgan fingerprint density at radius 3 is 2.91 bits per heavy atom. The van der Waals surface area contributed by atoms with Gasteiger partial charge in [0.25, 0.3) is 11.5 Å². The minimum Gasteiger partial charge on any atom is -0.472 e. The van der Waals surface area contributed by atoms with Gasteiger partial charge in [0.05, 0.1) is 6.54 Å². The van der Waals surface area contributed by atoms with Gasteiger partial charge in [-0.3, -0.25) is 9.59 Å². The Bertz CT molecular complexity index is 767. The van der Waals surface area contributed by atoms with Crippen LogP contribution in [0, 0.1) is 6.92 Å². The van der Waals surface area contributed by atoms with Crippen LogP contribution in [0.2, 0.25) is 0 Å². The lowest BCUT2D eigenvalue weighted by molar-refractivity contribution is 0.0769. The standard InChI is InChI=1S/C17H19N3O3/c1-12-5-6-15(18-10-12)23-13-7-9-20(11-13)17(22)14-4-3-8-19(2)16(14)21/h3-6,8,10,13H,7,9,11H2,1-2H3. The fraction of sp³-hybridized carbons (Fsp3) is 0.353. The van der Waals surface area contributed by atoms with Gasteiger partial charge in [0.15, 0.2) is 0 Å². The summed E-state index contributed by atoms with van der Waals surface area (Å²) in [5, 5.41) is 0. The zero-order valence-electron chi connectivity index (χ0n) is 13.2. The quantitative estimate of drug-likeness (QED) is 0.859. The largest absolute Gasteiger partial charge is 0.472 e. The summed E-state index contributed by atoms with van der Waals surface area (Å²) in [5.41, 5.74) is 0.992. The predicted octanol–water partition coefficient (Wildman–Crippen LogP) is 1.38. The van der Waals surface area contributed by atoms with Gasteiger partial charge < -0.3 is 14.2 Å². The molecule has 6 heteroatoms. The smallest absolute Gasteiger partial charge is 0.263 e. The highest BCUT2D eigenvalue weighted by molar-refractivity contribution is 5.94. The third-order valence-electron chi connectivity index (χ3n) is 3.96. The average Bonchev–Trinajstić information content (AvgIpc) is 3.00. The molecule has 0 saturated carbocycles. The number of ether oxygens (including phenoxy) is 1. The number of hydrogen-bond donors (Lipinski definition) is 0. The number of hydrogen-bond acceptors (Lipinski definition) is 4. The molecule has 1 atom stereocenters. The minimum atomic E-state index is -0.276. The van der Waals surface area contributed by atoms with Gasteiger partial charge in [0, 0.05) is 38.5 Å². The Kier molecular flexibility index (Phi) is 4.14. The normalized spacial score (nSPS) is 17.3. The summed E-state index contributed by atoms with van der Waals surface area (Å²) in [6, 6.07) is 7.04. The molecule has 3 rings (SSSR count). The molecule has 2 aromatic rings. The van der Waals surface area contributed by atoms with Crippen LogP contribution in [0.1, 0.15) is 22.3 Å². The van der Waals surface area contributed by atoms with Crippen molar-refractivity contribution in [3.8, 4) is 5.88 Å². The molecule has 3 heterocycles. The molecule has 1 unspecified atom stereocenters. The number of amides is 1. The molecular formula is C17H19N3O3. The Morgan fingerprint density at radius 2 is 2.17 bits per heavy atom. The van der Waals surface area contributed by atoms with Gasteiger partial charge in [0.2, 0.25) is 5.88 Å². The van der Waals surface area contributed by atoms with E-state index in [-0.39, 0.29) is 23.1 Å². The molecule has 1 aliphatic rings. The number of likely N-dealkylation sites (tertiary alicyclic amines) is 1. The summed E-state index contributed by atoms with van der Waals surface area (Å²) in [6.45, 7) is 3.01. The summed E-state index contributed by atoms with van der Waals surface area (Å²) in [4.78, 5) is 30.4. The second kappa shape index (κ2) is 6.24. The molecule has 0 aromatic carbocycles. The highest BCUT2D eigenvalue weighted by atomic mass is 16.5. The number of carbonyl (C=O) groups is 1. The molecule has 0 spiro atoms. The van der Waals surface area contributed by atoms with Crippen molar-refractivity contribution in [2.75, 3.05) is 13.1 Å². The topological polar surface area (TPSA) is 64.4 Å². The highest BCUT2D eigenvalue weighted by Crippen LogP contribution is 2.18. The molecule has 1 aliphatic heterocycles. The van der Waals surface area contributed by atoms with E-state index in [2.05, 4.69) is 4.98 Å². The number of aromatic nitrogens is 2. The summed E-state index contributed by atoms with van der Waals surface area (Å²) < 4.78 is 7.22. The molecule has 0 aliphatic carbocycles. The van der Waals surface area contributed by atoms with Gasteiger partial charge in [-0.2, -0.15) is 0 Å². The highest BCUT2D eigenvalue weighted by Gasteiger charge is 2.29. The Balaban J connectivity index is 1.67.